The van der Waals surface area contributed by atoms with Crippen LogP contribution in [0, 0.1) is 18.2 Å². The number of nitrogens with one attached hydrogen (secondary N) is 1. The molecular weight excluding hydrogens is 207 g/mol. The van der Waals surface area contributed by atoms with E-state index in [4.69, 9.17) is 11.1 Å². The summed E-state index contributed by atoms with van der Waals surface area (Å²) in [5, 5.41) is 11.4. The summed E-state index contributed by atoms with van der Waals surface area (Å²) in [4.78, 5) is 0. The van der Waals surface area contributed by atoms with E-state index in [1.807, 2.05) is 6.92 Å². The highest BCUT2D eigenvalue weighted by atomic mass is 19.1. The van der Waals surface area contributed by atoms with Gasteiger partial charge < -0.3 is 5.73 Å². The molecule has 0 saturated heterocycles. The van der Waals surface area contributed by atoms with Gasteiger partial charge in [0, 0.05) is 6.20 Å². The first kappa shape index (κ1) is 10.4. The van der Waals surface area contributed by atoms with Gasteiger partial charge in [-0.15, -0.1) is 0 Å². The molecule has 0 aliphatic rings. The van der Waals surface area contributed by atoms with Gasteiger partial charge in [-0.05, 0) is 24.6 Å². The lowest BCUT2D eigenvalue weighted by Crippen LogP contribution is -2.17. The van der Waals surface area contributed by atoms with Gasteiger partial charge in [-0.2, -0.15) is 5.10 Å². The van der Waals surface area contributed by atoms with Crippen LogP contribution in [0.15, 0.2) is 30.6 Å². The van der Waals surface area contributed by atoms with Crippen molar-refractivity contribution in [2.24, 2.45) is 5.73 Å². The molecule has 1 aromatic heterocycles. The predicted molar refractivity (Wildman–Crippen MR) is 59.3 cm³/mol. The van der Waals surface area contributed by atoms with Crippen molar-refractivity contribution >= 4 is 5.84 Å². The van der Waals surface area contributed by atoms with Crippen LogP contribution in [0.4, 0.5) is 4.39 Å². The fourth-order valence-corrected chi connectivity index (χ4v) is 1.51. The molecule has 82 valence electrons. The van der Waals surface area contributed by atoms with Gasteiger partial charge in [0.25, 0.3) is 0 Å². The molecule has 0 saturated carbocycles. The minimum absolute atomic E-state index is 0.0746. The molecule has 1 heterocycles. The molecule has 0 amide bonds. The van der Waals surface area contributed by atoms with E-state index in [-0.39, 0.29) is 11.4 Å². The third kappa shape index (κ3) is 1.67. The average Bonchev–Trinajstić information content (AvgIpc) is 2.63. The molecule has 0 unspecified atom stereocenters. The molecule has 0 aliphatic heterocycles. The van der Waals surface area contributed by atoms with Crippen molar-refractivity contribution in [1.29, 1.82) is 5.41 Å². The number of halogens is 1. The van der Waals surface area contributed by atoms with Crippen LogP contribution in [0.2, 0.25) is 0 Å². The van der Waals surface area contributed by atoms with E-state index in [0.29, 0.717) is 5.69 Å². The van der Waals surface area contributed by atoms with E-state index in [0.717, 1.165) is 5.56 Å². The molecule has 2 aromatic rings. The van der Waals surface area contributed by atoms with Crippen LogP contribution >= 0.6 is 0 Å². The highest BCUT2D eigenvalue weighted by Crippen LogP contribution is 2.17. The third-order valence-corrected chi connectivity index (χ3v) is 2.22. The smallest absolute Gasteiger partial charge is 0.136 e. The summed E-state index contributed by atoms with van der Waals surface area (Å²) in [5.74, 6) is -0.820. The third-order valence-electron chi connectivity index (χ3n) is 2.22. The van der Waals surface area contributed by atoms with Gasteiger partial charge in [0.1, 0.15) is 11.7 Å². The van der Waals surface area contributed by atoms with Crippen LogP contribution in [0.25, 0.3) is 5.69 Å². The second-order valence-electron chi connectivity index (χ2n) is 3.51. The van der Waals surface area contributed by atoms with E-state index in [9.17, 15) is 4.39 Å². The zero-order chi connectivity index (χ0) is 11.7. The topological polar surface area (TPSA) is 67.7 Å². The first-order valence-corrected chi connectivity index (χ1v) is 4.74. The van der Waals surface area contributed by atoms with Gasteiger partial charge in [0.2, 0.25) is 0 Å². The molecule has 16 heavy (non-hydrogen) atoms. The second-order valence-corrected chi connectivity index (χ2v) is 3.51. The quantitative estimate of drug-likeness (QED) is 0.594. The fourth-order valence-electron chi connectivity index (χ4n) is 1.51. The van der Waals surface area contributed by atoms with Crippen LogP contribution < -0.4 is 5.73 Å². The number of rotatable bonds is 2. The number of hydrogen-bond acceptors (Lipinski definition) is 2. The van der Waals surface area contributed by atoms with E-state index < -0.39 is 5.82 Å². The SMILES string of the molecule is Cc1cnn(-c2cccc(F)c2C(=N)N)c1. The summed E-state index contributed by atoms with van der Waals surface area (Å²) in [7, 11) is 0. The Balaban J connectivity index is 2.65. The van der Waals surface area contributed by atoms with Crippen LogP contribution in [0.3, 0.4) is 0 Å². The molecule has 0 aliphatic carbocycles. The minimum atomic E-state index is -0.516. The molecule has 0 fully saturated rings. The van der Waals surface area contributed by atoms with Crippen LogP contribution in [0.5, 0.6) is 0 Å². The maximum absolute atomic E-state index is 13.5. The normalized spacial score (nSPS) is 10.4. The van der Waals surface area contributed by atoms with Crippen molar-refractivity contribution in [2.45, 2.75) is 6.92 Å². The summed E-state index contributed by atoms with van der Waals surface area (Å²) < 4.78 is 15.0. The lowest BCUT2D eigenvalue weighted by atomic mass is 10.1. The molecule has 5 heteroatoms. The molecule has 0 atom stereocenters. The monoisotopic (exact) mass is 218 g/mol. The van der Waals surface area contributed by atoms with Gasteiger partial charge in [0.05, 0.1) is 17.4 Å². The van der Waals surface area contributed by atoms with Crippen LogP contribution in [-0.4, -0.2) is 15.6 Å². The standard InChI is InChI=1S/C11H11FN4/c1-7-5-15-16(6-7)9-4-2-3-8(12)10(9)11(13)14/h2-6H,1H3,(H3,13,14). The van der Waals surface area contributed by atoms with E-state index in [2.05, 4.69) is 5.10 Å². The summed E-state index contributed by atoms with van der Waals surface area (Å²) in [6.07, 6.45) is 3.41. The Bertz CT molecular complexity index is 545. The summed E-state index contributed by atoms with van der Waals surface area (Å²) in [6, 6.07) is 4.51. The molecule has 1 aromatic carbocycles. The van der Waals surface area contributed by atoms with Crippen molar-refractivity contribution in [3.8, 4) is 5.69 Å². The van der Waals surface area contributed by atoms with Crippen molar-refractivity contribution in [2.75, 3.05) is 0 Å². The second kappa shape index (κ2) is 3.77. The number of amidine groups is 1. The van der Waals surface area contributed by atoms with Gasteiger partial charge >= 0.3 is 0 Å². The predicted octanol–water partition coefficient (Wildman–Crippen LogP) is 1.60. The first-order chi connectivity index (χ1) is 7.59. The molecule has 0 radical (unpaired) electrons. The zero-order valence-electron chi connectivity index (χ0n) is 8.74. The Hall–Kier alpha value is -2.17. The number of aromatic nitrogens is 2. The highest BCUT2D eigenvalue weighted by molar-refractivity contribution is 5.98. The van der Waals surface area contributed by atoms with Gasteiger partial charge in [-0.3, -0.25) is 5.41 Å². The molecule has 0 bridgehead atoms. The van der Waals surface area contributed by atoms with Crippen LogP contribution in [-0.2, 0) is 0 Å². The van der Waals surface area contributed by atoms with Crippen LogP contribution in [0.1, 0.15) is 11.1 Å². The Labute approximate surface area is 92.0 Å². The first-order valence-electron chi connectivity index (χ1n) is 4.74. The number of aryl methyl sites for hydroxylation is 1. The Morgan fingerprint density at radius 1 is 1.50 bits per heavy atom. The largest absolute Gasteiger partial charge is 0.384 e. The zero-order valence-corrected chi connectivity index (χ0v) is 8.74. The van der Waals surface area contributed by atoms with Gasteiger partial charge in [-0.25, -0.2) is 9.07 Å². The number of benzene rings is 1. The van der Waals surface area contributed by atoms with Gasteiger partial charge in [0.15, 0.2) is 0 Å². The van der Waals surface area contributed by atoms with Crippen molar-refractivity contribution in [1.82, 2.24) is 9.78 Å². The minimum Gasteiger partial charge on any atom is -0.384 e. The van der Waals surface area contributed by atoms with Crippen molar-refractivity contribution < 1.29 is 4.39 Å². The summed E-state index contributed by atoms with van der Waals surface area (Å²) in [6.45, 7) is 1.89. The number of hydrogen-bond donors (Lipinski definition) is 2. The highest BCUT2D eigenvalue weighted by Gasteiger charge is 2.12. The van der Waals surface area contributed by atoms with E-state index in [1.54, 1.807) is 24.5 Å². The number of nitrogens with zero attached hydrogens (tertiary/aromatic N) is 2. The molecule has 2 rings (SSSR count). The Kier molecular flexibility index (Phi) is 2.44. The molecular formula is C11H11FN4. The summed E-state index contributed by atoms with van der Waals surface area (Å²) in [5.41, 5.74) is 6.87. The summed E-state index contributed by atoms with van der Waals surface area (Å²) >= 11 is 0. The Morgan fingerprint density at radius 2 is 2.25 bits per heavy atom. The molecule has 4 nitrogen and oxygen atoms in total. The number of nitrogens with two attached hydrogens (primary N) is 1. The molecule has 0 spiro atoms. The van der Waals surface area contributed by atoms with Crippen molar-refractivity contribution in [3.63, 3.8) is 0 Å². The lowest BCUT2D eigenvalue weighted by Gasteiger charge is -2.08. The Morgan fingerprint density at radius 3 is 2.81 bits per heavy atom. The number of nitrogen functional groups attached to an aromatic ring is 1. The molecule has 3 N–H and O–H groups in total. The van der Waals surface area contributed by atoms with Gasteiger partial charge in [-0.1, -0.05) is 6.07 Å². The maximum Gasteiger partial charge on any atom is 0.136 e. The fraction of sp³-hybridized carbons (Fsp3) is 0.0909. The average molecular weight is 218 g/mol. The van der Waals surface area contributed by atoms with E-state index in [1.165, 1.54) is 10.7 Å². The van der Waals surface area contributed by atoms with E-state index >= 15 is 0 Å². The lowest BCUT2D eigenvalue weighted by molar-refractivity contribution is 0.622. The van der Waals surface area contributed by atoms with Crippen molar-refractivity contribution in [3.05, 3.63) is 47.5 Å². The maximum atomic E-state index is 13.5.